The van der Waals surface area contributed by atoms with Gasteiger partial charge in [-0.25, -0.2) is 4.21 Å². The van der Waals surface area contributed by atoms with E-state index in [1.54, 1.807) is 0 Å². The number of aryl methyl sites for hydroxylation is 1. The van der Waals surface area contributed by atoms with Crippen molar-refractivity contribution < 1.29 is 14.1 Å². The van der Waals surface area contributed by atoms with E-state index in [1.165, 1.54) is 11.8 Å². The normalized spacial score (nSPS) is 18.2. The number of carboxylic acids is 1. The minimum atomic E-state index is -1.52. The monoisotopic (exact) mass is 539 g/mol. The summed E-state index contributed by atoms with van der Waals surface area (Å²) in [5.41, 5.74) is 6.70. The predicted octanol–water partition coefficient (Wildman–Crippen LogP) is 6.08. The second-order valence-electron chi connectivity index (χ2n) is 9.69. The Kier molecular flexibility index (Phi) is 6.34. The van der Waals surface area contributed by atoms with Crippen molar-refractivity contribution in [2.45, 2.75) is 23.5 Å². The highest BCUT2D eigenvalue weighted by Gasteiger charge is 2.33. The Morgan fingerprint density at radius 2 is 1.84 bits per heavy atom. The van der Waals surface area contributed by atoms with Gasteiger partial charge in [0.05, 0.1) is 33.3 Å². The lowest BCUT2D eigenvalue weighted by Gasteiger charge is -2.38. The Balaban J connectivity index is 1.56. The molecule has 1 aromatic heterocycles. The number of rotatable bonds is 6. The summed E-state index contributed by atoms with van der Waals surface area (Å²) in [5.74, 6) is -1.13. The third-order valence-corrected chi connectivity index (χ3v) is 9.59. The van der Waals surface area contributed by atoms with E-state index >= 15 is 0 Å². The Labute approximate surface area is 227 Å². The molecule has 0 spiro atoms. The lowest BCUT2D eigenvalue weighted by atomic mass is 9.95. The number of fused-ring (bicyclic) bond motifs is 1. The van der Waals surface area contributed by atoms with Gasteiger partial charge in [-0.3, -0.25) is 8.77 Å². The van der Waals surface area contributed by atoms with Crippen LogP contribution >= 0.6 is 11.8 Å². The number of hydrogen-bond acceptors (Lipinski definition) is 5. The second-order valence-corrected chi connectivity index (χ2v) is 12.1. The lowest BCUT2D eigenvalue weighted by molar-refractivity contribution is -0.142. The molecule has 3 aromatic carbocycles. The highest BCUT2D eigenvalue weighted by Crippen LogP contribution is 2.46. The number of nitriles is 1. The zero-order valence-corrected chi connectivity index (χ0v) is 22.3. The average molecular weight is 540 g/mol. The summed E-state index contributed by atoms with van der Waals surface area (Å²) in [6, 6.07) is 26.1. The highest BCUT2D eigenvalue weighted by molar-refractivity contribution is 8.03. The van der Waals surface area contributed by atoms with Gasteiger partial charge in [0.1, 0.15) is 0 Å². The molecule has 1 N–H and O–H groups in total. The molecule has 8 heteroatoms. The maximum Gasteiger partial charge on any atom is 0.310 e. The largest absolute Gasteiger partial charge is 0.481 e. The first-order chi connectivity index (χ1) is 18.4. The van der Waals surface area contributed by atoms with Crippen molar-refractivity contribution in [2.75, 3.05) is 18.0 Å². The third-order valence-electron chi connectivity index (χ3n) is 7.18. The molecule has 2 aliphatic rings. The molecule has 0 radical (unpaired) electrons. The minimum absolute atomic E-state index is 0.150. The Morgan fingerprint density at radius 1 is 1.08 bits per heavy atom. The molecule has 2 atom stereocenters. The summed E-state index contributed by atoms with van der Waals surface area (Å²) in [6.45, 7) is 2.94. The number of hydrogen-bond donors (Lipinski definition) is 1. The summed E-state index contributed by atoms with van der Waals surface area (Å²) in [6.07, 6.45) is 0.617. The molecule has 2 aliphatic heterocycles. The van der Waals surface area contributed by atoms with Crippen LogP contribution in [0.3, 0.4) is 0 Å². The first kappa shape index (κ1) is 24.5. The summed E-state index contributed by atoms with van der Waals surface area (Å²) in [5, 5.41) is 21.8. The van der Waals surface area contributed by atoms with E-state index in [1.807, 2.05) is 71.6 Å². The average Bonchev–Trinajstić information content (AvgIpc) is 3.50. The van der Waals surface area contributed by atoms with Crippen molar-refractivity contribution in [2.24, 2.45) is 5.92 Å². The number of thioether (sulfide) groups is 1. The first-order valence-electron chi connectivity index (χ1n) is 12.4. The van der Waals surface area contributed by atoms with E-state index in [-0.39, 0.29) is 11.2 Å². The molecule has 190 valence electrons. The van der Waals surface area contributed by atoms with E-state index < -0.39 is 17.0 Å². The van der Waals surface area contributed by atoms with Crippen LogP contribution in [-0.4, -0.2) is 37.6 Å². The number of para-hydroxylation sites is 1. The van der Waals surface area contributed by atoms with Crippen LogP contribution in [0.4, 0.5) is 5.69 Å². The maximum absolute atomic E-state index is 14.2. The van der Waals surface area contributed by atoms with Crippen LogP contribution in [0, 0.1) is 24.2 Å². The Hall–Kier alpha value is -3.80. The molecule has 0 amide bonds. The zero-order valence-electron chi connectivity index (χ0n) is 20.7. The fraction of sp³-hybridized carbons (Fsp3) is 0.200. The minimum Gasteiger partial charge on any atom is -0.481 e. The molecule has 0 bridgehead atoms. The number of nitrogens with zero attached hydrogens (tertiary/aromatic N) is 3. The van der Waals surface area contributed by atoms with Gasteiger partial charge in [0, 0.05) is 35.3 Å². The number of aromatic nitrogens is 1. The molecule has 1 saturated heterocycles. The van der Waals surface area contributed by atoms with Crippen molar-refractivity contribution in [3.8, 4) is 17.3 Å². The predicted molar refractivity (Wildman–Crippen MR) is 153 cm³/mol. The van der Waals surface area contributed by atoms with Crippen LogP contribution < -0.4 is 4.90 Å². The smallest absolute Gasteiger partial charge is 0.310 e. The molecule has 6 nitrogen and oxygen atoms in total. The summed E-state index contributed by atoms with van der Waals surface area (Å²) >= 11 is 1.53. The topological polar surface area (TPSA) is 86.3 Å². The van der Waals surface area contributed by atoms with Crippen molar-refractivity contribution in [1.29, 1.82) is 5.26 Å². The van der Waals surface area contributed by atoms with E-state index in [9.17, 15) is 19.4 Å². The summed E-state index contributed by atoms with van der Waals surface area (Å²) < 4.78 is 16.2. The standard InChI is InChI=1S/C30H25N3O3S2/c1-19-9-11-25(12-10-19)38(36)33-27-8-3-2-7-26(27)28(21-14-24(15-31)37-18-21)29(33)20-5-4-6-23(13-20)32-16-22(17-32)30(34)35/h2-13,18,22,24H,14,16-17H2,1H3,(H,34,35). The molecule has 38 heavy (non-hydrogen) atoms. The van der Waals surface area contributed by atoms with Crippen LogP contribution in [0.25, 0.3) is 27.7 Å². The number of carboxylic acid groups (broad SMARTS) is 1. The van der Waals surface area contributed by atoms with E-state index in [4.69, 9.17) is 0 Å². The van der Waals surface area contributed by atoms with Crippen molar-refractivity contribution >= 4 is 50.9 Å². The van der Waals surface area contributed by atoms with Crippen molar-refractivity contribution in [1.82, 2.24) is 3.97 Å². The fourth-order valence-corrected chi connectivity index (χ4v) is 7.28. The van der Waals surface area contributed by atoms with Gasteiger partial charge in [-0.15, -0.1) is 11.8 Å². The number of carbonyl (C=O) groups is 1. The molecule has 1 fully saturated rings. The number of aliphatic carboxylic acids is 1. The van der Waals surface area contributed by atoms with Gasteiger partial charge in [-0.05, 0) is 54.7 Å². The third kappa shape index (κ3) is 4.22. The van der Waals surface area contributed by atoms with Crippen molar-refractivity contribution in [3.05, 3.63) is 89.3 Å². The van der Waals surface area contributed by atoms with Gasteiger partial charge in [-0.2, -0.15) is 5.26 Å². The van der Waals surface area contributed by atoms with Crippen LogP contribution in [-0.2, 0) is 15.8 Å². The van der Waals surface area contributed by atoms with Gasteiger partial charge >= 0.3 is 5.97 Å². The fourth-order valence-electron chi connectivity index (χ4n) is 5.12. The van der Waals surface area contributed by atoms with Gasteiger partial charge in [0.2, 0.25) is 0 Å². The van der Waals surface area contributed by atoms with Gasteiger partial charge in [-0.1, -0.05) is 48.0 Å². The molecule has 0 saturated carbocycles. The van der Waals surface area contributed by atoms with E-state index in [0.717, 1.165) is 44.5 Å². The SMILES string of the molecule is Cc1ccc(S(=O)n2c(-c3cccc(N4CC(C(=O)O)C4)c3)c(C3=CSC(C#N)C3)c3ccccc32)cc1. The van der Waals surface area contributed by atoms with Crippen LogP contribution in [0.2, 0.25) is 0 Å². The quantitative estimate of drug-likeness (QED) is 0.320. The maximum atomic E-state index is 14.2. The Bertz CT molecular complexity index is 1660. The molecule has 2 unspecified atom stereocenters. The molecule has 4 aromatic rings. The summed E-state index contributed by atoms with van der Waals surface area (Å²) in [7, 11) is -1.52. The summed E-state index contributed by atoms with van der Waals surface area (Å²) in [4.78, 5) is 14.1. The molecular weight excluding hydrogens is 514 g/mol. The molecular formula is C30H25N3O3S2. The number of benzene rings is 3. The van der Waals surface area contributed by atoms with Gasteiger partial charge in [0.15, 0.2) is 11.0 Å². The first-order valence-corrected chi connectivity index (χ1v) is 14.4. The van der Waals surface area contributed by atoms with Crippen molar-refractivity contribution in [3.63, 3.8) is 0 Å². The van der Waals surface area contributed by atoms with Gasteiger partial charge in [0.25, 0.3) is 0 Å². The van der Waals surface area contributed by atoms with Crippen LogP contribution in [0.1, 0.15) is 17.5 Å². The molecule has 6 rings (SSSR count). The van der Waals surface area contributed by atoms with Gasteiger partial charge < -0.3 is 10.0 Å². The zero-order chi connectivity index (χ0) is 26.4. The van der Waals surface area contributed by atoms with E-state index in [0.29, 0.717) is 24.4 Å². The Morgan fingerprint density at radius 3 is 2.55 bits per heavy atom. The number of allylic oxidation sites excluding steroid dienone is 1. The van der Waals surface area contributed by atoms with Crippen LogP contribution in [0.5, 0.6) is 0 Å². The molecule has 3 heterocycles. The van der Waals surface area contributed by atoms with Crippen LogP contribution in [0.15, 0.2) is 83.1 Å². The lowest BCUT2D eigenvalue weighted by Crippen LogP contribution is -2.50. The number of anilines is 1. The van der Waals surface area contributed by atoms with E-state index in [2.05, 4.69) is 28.5 Å². The molecule has 0 aliphatic carbocycles. The second kappa shape index (κ2) is 9.82. The highest BCUT2D eigenvalue weighted by atomic mass is 32.2.